The van der Waals surface area contributed by atoms with Crippen molar-refractivity contribution >= 4 is 39.2 Å². The second kappa shape index (κ2) is 14.5. The Balaban J connectivity index is 1.04. The van der Waals surface area contributed by atoms with Gasteiger partial charge in [-0.05, 0) is 54.2 Å². The molecule has 0 radical (unpaired) electrons. The number of pyridine rings is 2. The van der Waals surface area contributed by atoms with E-state index < -0.39 is 5.82 Å². The molecule has 0 bridgehead atoms. The standard InChI is InChI=1S/C35H37FN4O5S/c1-2-34(43)44-16-10-33(42)40-14-12-39(13-15-40)22-25-5-7-28(38-21-25)32-20-29-35(46-32)31(9-11-37-29)45-30-8-6-24(19-27(30)36)18-26(41)17-23-3-4-23/h5-9,11,19-21,23H,2-4,10,12-18,22H2,1H3. The number of carbonyl (C=O) groups is 3. The summed E-state index contributed by atoms with van der Waals surface area (Å²) >= 11 is 1.49. The number of thiophene rings is 1. The third-order valence-electron chi connectivity index (χ3n) is 8.28. The first-order valence-corrected chi connectivity index (χ1v) is 16.6. The summed E-state index contributed by atoms with van der Waals surface area (Å²) in [6.45, 7) is 5.38. The molecule has 6 rings (SSSR count). The van der Waals surface area contributed by atoms with Crippen molar-refractivity contribution in [2.24, 2.45) is 5.92 Å². The molecular formula is C35H37FN4O5S. The molecular weight excluding hydrogens is 607 g/mol. The van der Waals surface area contributed by atoms with Crippen LogP contribution < -0.4 is 4.74 Å². The predicted octanol–water partition coefficient (Wildman–Crippen LogP) is 6.19. The summed E-state index contributed by atoms with van der Waals surface area (Å²) in [4.78, 5) is 50.2. The van der Waals surface area contributed by atoms with Crippen LogP contribution in [0.2, 0.25) is 0 Å². The summed E-state index contributed by atoms with van der Waals surface area (Å²) < 4.78 is 26.8. The quantitative estimate of drug-likeness (QED) is 0.159. The van der Waals surface area contributed by atoms with Gasteiger partial charge in [0.15, 0.2) is 11.6 Å². The second-order valence-corrected chi connectivity index (χ2v) is 12.9. The highest BCUT2D eigenvalue weighted by Gasteiger charge is 2.25. The van der Waals surface area contributed by atoms with E-state index in [0.717, 1.165) is 58.8 Å². The van der Waals surface area contributed by atoms with E-state index in [-0.39, 0.29) is 42.9 Å². The number of halogens is 1. The molecule has 1 saturated carbocycles. The van der Waals surface area contributed by atoms with Gasteiger partial charge in [-0.15, -0.1) is 11.3 Å². The van der Waals surface area contributed by atoms with Crippen LogP contribution in [0.3, 0.4) is 0 Å². The second-order valence-electron chi connectivity index (χ2n) is 11.9. The van der Waals surface area contributed by atoms with Crippen LogP contribution in [0.5, 0.6) is 11.5 Å². The van der Waals surface area contributed by atoms with E-state index in [0.29, 0.717) is 43.2 Å². The molecule has 0 atom stereocenters. The van der Waals surface area contributed by atoms with Crippen molar-refractivity contribution in [3.05, 3.63) is 71.8 Å². The van der Waals surface area contributed by atoms with Crippen molar-refractivity contribution in [1.29, 1.82) is 0 Å². The number of amides is 1. The number of rotatable bonds is 13. The average molecular weight is 645 g/mol. The first-order valence-electron chi connectivity index (χ1n) is 15.8. The number of benzene rings is 1. The Bertz CT molecular complexity index is 1710. The Kier molecular flexibility index (Phi) is 9.99. The molecule has 240 valence electrons. The fourth-order valence-corrected chi connectivity index (χ4v) is 6.55. The largest absolute Gasteiger partial charge is 0.465 e. The fraction of sp³-hybridized carbons (Fsp3) is 0.400. The summed E-state index contributed by atoms with van der Waals surface area (Å²) in [6, 6.07) is 12.4. The number of aromatic nitrogens is 2. The Morgan fingerprint density at radius 3 is 2.50 bits per heavy atom. The number of piperazine rings is 1. The summed E-state index contributed by atoms with van der Waals surface area (Å²) in [5.41, 5.74) is 3.28. The van der Waals surface area contributed by atoms with Crippen LogP contribution in [0, 0.1) is 11.7 Å². The molecule has 4 aromatic rings. The Morgan fingerprint density at radius 1 is 0.978 bits per heavy atom. The molecule has 3 aromatic heterocycles. The molecule has 11 heteroatoms. The van der Waals surface area contributed by atoms with Gasteiger partial charge >= 0.3 is 5.97 Å². The minimum absolute atomic E-state index is 0.0103. The van der Waals surface area contributed by atoms with E-state index in [9.17, 15) is 18.8 Å². The van der Waals surface area contributed by atoms with E-state index in [4.69, 9.17) is 14.5 Å². The maximum absolute atomic E-state index is 15.0. The first kappa shape index (κ1) is 31.7. The minimum atomic E-state index is -0.501. The number of Topliss-reactive ketones (excluding diaryl/α,β-unsaturated/α-hetero) is 1. The Morgan fingerprint density at radius 2 is 1.78 bits per heavy atom. The van der Waals surface area contributed by atoms with Gasteiger partial charge in [0, 0.05) is 70.4 Å². The van der Waals surface area contributed by atoms with Crippen LogP contribution in [0.4, 0.5) is 4.39 Å². The van der Waals surface area contributed by atoms with Crippen LogP contribution in [-0.4, -0.2) is 70.2 Å². The molecule has 9 nitrogen and oxygen atoms in total. The maximum Gasteiger partial charge on any atom is 0.305 e. The van der Waals surface area contributed by atoms with E-state index in [1.165, 1.54) is 17.4 Å². The number of carbonyl (C=O) groups excluding carboxylic acids is 3. The third-order valence-corrected chi connectivity index (χ3v) is 9.44. The minimum Gasteiger partial charge on any atom is -0.465 e. The van der Waals surface area contributed by atoms with Crippen molar-refractivity contribution in [2.45, 2.75) is 52.0 Å². The van der Waals surface area contributed by atoms with Crippen LogP contribution in [0.25, 0.3) is 20.8 Å². The van der Waals surface area contributed by atoms with Crippen molar-refractivity contribution < 1.29 is 28.2 Å². The number of ketones is 1. The number of hydrogen-bond donors (Lipinski definition) is 0. The fourth-order valence-electron chi connectivity index (χ4n) is 5.51. The van der Waals surface area contributed by atoms with E-state index >= 15 is 0 Å². The maximum atomic E-state index is 15.0. The van der Waals surface area contributed by atoms with Gasteiger partial charge in [0.25, 0.3) is 0 Å². The van der Waals surface area contributed by atoms with Gasteiger partial charge in [0.1, 0.15) is 18.1 Å². The van der Waals surface area contributed by atoms with Gasteiger partial charge in [-0.25, -0.2) is 4.39 Å². The summed E-state index contributed by atoms with van der Waals surface area (Å²) in [5.74, 6) is 0.496. The Labute approximate surface area is 271 Å². The molecule has 0 unspecified atom stereocenters. The molecule has 1 amide bonds. The molecule has 1 saturated heterocycles. The monoisotopic (exact) mass is 644 g/mol. The smallest absolute Gasteiger partial charge is 0.305 e. The number of nitrogens with zero attached hydrogens (tertiary/aromatic N) is 4. The molecule has 2 aliphatic rings. The van der Waals surface area contributed by atoms with Gasteiger partial charge in [-0.3, -0.25) is 29.3 Å². The predicted molar refractivity (Wildman–Crippen MR) is 173 cm³/mol. The topological polar surface area (TPSA) is 102 Å². The molecule has 1 aromatic carbocycles. The van der Waals surface area contributed by atoms with Crippen LogP contribution in [0.15, 0.2) is 54.9 Å². The number of fused-ring (bicyclic) bond motifs is 1. The first-order chi connectivity index (χ1) is 22.3. The number of esters is 1. The zero-order valence-corrected chi connectivity index (χ0v) is 26.7. The van der Waals surface area contributed by atoms with E-state index in [1.807, 2.05) is 23.2 Å². The molecule has 0 spiro atoms. The Hall–Kier alpha value is -4.22. The summed E-state index contributed by atoms with van der Waals surface area (Å²) in [6.07, 6.45) is 7.09. The van der Waals surface area contributed by atoms with Gasteiger partial charge in [-0.1, -0.05) is 19.1 Å². The van der Waals surface area contributed by atoms with Gasteiger partial charge in [-0.2, -0.15) is 0 Å². The van der Waals surface area contributed by atoms with Crippen LogP contribution in [-0.2, 0) is 32.1 Å². The van der Waals surface area contributed by atoms with E-state index in [2.05, 4.69) is 16.0 Å². The molecule has 2 fully saturated rings. The van der Waals surface area contributed by atoms with Crippen molar-refractivity contribution in [3.8, 4) is 22.1 Å². The molecule has 1 aliphatic heterocycles. The summed E-state index contributed by atoms with van der Waals surface area (Å²) in [7, 11) is 0. The summed E-state index contributed by atoms with van der Waals surface area (Å²) in [5, 5.41) is 0. The van der Waals surface area contributed by atoms with Gasteiger partial charge in [0.05, 0.1) is 27.2 Å². The highest BCUT2D eigenvalue weighted by molar-refractivity contribution is 7.22. The van der Waals surface area contributed by atoms with Gasteiger partial charge in [0.2, 0.25) is 5.91 Å². The third kappa shape index (κ3) is 8.13. The normalized spacial score (nSPS) is 15.2. The lowest BCUT2D eigenvalue weighted by atomic mass is 10.0. The van der Waals surface area contributed by atoms with E-state index in [1.54, 1.807) is 31.3 Å². The SMILES string of the molecule is CCC(=O)OCCC(=O)N1CCN(Cc2ccc(-c3cc4nccc(Oc5ccc(CC(=O)CC6CC6)cc5F)c4s3)nc2)CC1. The van der Waals surface area contributed by atoms with Crippen LogP contribution in [0.1, 0.15) is 50.2 Å². The average Bonchev–Trinajstić information content (AvgIpc) is 3.76. The zero-order chi connectivity index (χ0) is 32.0. The molecule has 1 aliphatic carbocycles. The zero-order valence-electron chi connectivity index (χ0n) is 25.9. The highest BCUT2D eigenvalue weighted by atomic mass is 32.1. The van der Waals surface area contributed by atoms with Crippen molar-refractivity contribution in [3.63, 3.8) is 0 Å². The lowest BCUT2D eigenvalue weighted by Gasteiger charge is -2.34. The lowest BCUT2D eigenvalue weighted by molar-refractivity contribution is -0.145. The number of hydrogen-bond acceptors (Lipinski definition) is 9. The highest BCUT2D eigenvalue weighted by Crippen LogP contribution is 2.39. The number of ether oxygens (including phenoxy) is 2. The molecule has 4 heterocycles. The lowest BCUT2D eigenvalue weighted by Crippen LogP contribution is -2.48. The molecule has 46 heavy (non-hydrogen) atoms. The van der Waals surface area contributed by atoms with Crippen LogP contribution >= 0.6 is 11.3 Å². The van der Waals surface area contributed by atoms with Crippen molar-refractivity contribution in [1.82, 2.24) is 19.8 Å². The van der Waals surface area contributed by atoms with Gasteiger partial charge < -0.3 is 14.4 Å². The van der Waals surface area contributed by atoms with Crippen molar-refractivity contribution in [2.75, 3.05) is 32.8 Å². The molecule has 0 N–H and O–H groups in total.